The number of hydrogen-bond donors (Lipinski definition) is 2. The molecule has 3 heterocycles. The average molecular weight is 290 g/mol. The van der Waals surface area contributed by atoms with E-state index < -0.39 is 0 Å². The van der Waals surface area contributed by atoms with Gasteiger partial charge < -0.3 is 10.8 Å². The predicted molar refractivity (Wildman–Crippen MR) is 80.4 cm³/mol. The molecule has 0 saturated carbocycles. The highest BCUT2D eigenvalue weighted by atomic mass is 16.3. The van der Waals surface area contributed by atoms with Crippen molar-refractivity contribution in [1.82, 2.24) is 24.6 Å². The van der Waals surface area contributed by atoms with Crippen LogP contribution in [0.4, 0.5) is 5.82 Å². The van der Waals surface area contributed by atoms with Gasteiger partial charge in [-0.15, -0.1) is 0 Å². The lowest BCUT2D eigenvalue weighted by Crippen LogP contribution is -2.37. The summed E-state index contributed by atoms with van der Waals surface area (Å²) in [5, 5.41) is 14.6. The summed E-state index contributed by atoms with van der Waals surface area (Å²) in [4.78, 5) is 11.3. The van der Waals surface area contributed by atoms with Gasteiger partial charge in [0.15, 0.2) is 5.65 Å². The molecular weight excluding hydrogens is 268 g/mol. The van der Waals surface area contributed by atoms with Gasteiger partial charge in [-0.05, 0) is 38.8 Å². The smallest absolute Gasteiger partial charge is 0.163 e. The number of nitrogens with two attached hydrogens (primary N) is 1. The third-order valence-corrected chi connectivity index (χ3v) is 4.35. The van der Waals surface area contributed by atoms with E-state index in [-0.39, 0.29) is 6.10 Å². The quantitative estimate of drug-likeness (QED) is 0.857. The summed E-state index contributed by atoms with van der Waals surface area (Å²) < 4.78 is 1.72. The first-order chi connectivity index (χ1) is 10.0. The monoisotopic (exact) mass is 290 g/mol. The van der Waals surface area contributed by atoms with E-state index in [2.05, 4.69) is 20.0 Å². The van der Waals surface area contributed by atoms with Crippen molar-refractivity contribution >= 4 is 16.9 Å². The lowest BCUT2D eigenvalue weighted by atomic mass is 9.92. The lowest BCUT2D eigenvalue weighted by Gasteiger charge is -2.32. The zero-order valence-electron chi connectivity index (χ0n) is 12.5. The second-order valence-corrected chi connectivity index (χ2v) is 5.88. The van der Waals surface area contributed by atoms with Gasteiger partial charge in [-0.1, -0.05) is 0 Å². The van der Waals surface area contributed by atoms with E-state index in [9.17, 15) is 5.11 Å². The van der Waals surface area contributed by atoms with Crippen LogP contribution in [0.15, 0.2) is 6.20 Å². The van der Waals surface area contributed by atoms with E-state index in [0.717, 1.165) is 42.8 Å². The van der Waals surface area contributed by atoms with Crippen molar-refractivity contribution < 1.29 is 5.11 Å². The Morgan fingerprint density at radius 3 is 2.76 bits per heavy atom. The Balaban J connectivity index is 1.72. The number of nitrogens with zero attached hydrogens (tertiary/aromatic N) is 5. The van der Waals surface area contributed by atoms with Crippen molar-refractivity contribution in [3.05, 3.63) is 12.0 Å². The van der Waals surface area contributed by atoms with E-state index in [1.54, 1.807) is 10.9 Å². The van der Waals surface area contributed by atoms with Crippen LogP contribution in [0.5, 0.6) is 0 Å². The molecule has 0 bridgehead atoms. The first kappa shape index (κ1) is 14.2. The van der Waals surface area contributed by atoms with Crippen molar-refractivity contribution in [3.8, 4) is 0 Å². The number of fused-ring (bicyclic) bond motifs is 1. The fourth-order valence-electron chi connectivity index (χ4n) is 2.96. The van der Waals surface area contributed by atoms with Gasteiger partial charge >= 0.3 is 0 Å². The molecule has 0 aliphatic carbocycles. The van der Waals surface area contributed by atoms with Gasteiger partial charge in [0.1, 0.15) is 11.6 Å². The number of anilines is 1. The number of rotatable bonds is 3. The van der Waals surface area contributed by atoms with Crippen molar-refractivity contribution in [2.75, 3.05) is 18.8 Å². The fraction of sp³-hybridized carbons (Fsp3) is 0.643. The van der Waals surface area contributed by atoms with Crippen LogP contribution in [0.2, 0.25) is 0 Å². The molecule has 2 aromatic rings. The summed E-state index contributed by atoms with van der Waals surface area (Å²) >= 11 is 0. The maximum atomic E-state index is 9.65. The molecule has 0 radical (unpaired) electrons. The number of aliphatic hydroxyl groups is 1. The predicted octanol–water partition coefficient (Wildman–Crippen LogP) is 0.538. The Hall–Kier alpha value is -1.73. The zero-order chi connectivity index (χ0) is 15.0. The highest BCUT2D eigenvalue weighted by Gasteiger charge is 2.23. The number of hydrogen-bond acceptors (Lipinski definition) is 6. The largest absolute Gasteiger partial charge is 0.393 e. The summed E-state index contributed by atoms with van der Waals surface area (Å²) in [5.74, 6) is 1.63. The normalized spacial score (nSPS) is 19.2. The molecule has 1 aliphatic rings. The third-order valence-electron chi connectivity index (χ3n) is 4.35. The molecule has 114 valence electrons. The van der Waals surface area contributed by atoms with Crippen LogP contribution in [0, 0.1) is 5.92 Å². The molecule has 0 aromatic carbocycles. The van der Waals surface area contributed by atoms with Crippen molar-refractivity contribution in [3.63, 3.8) is 0 Å². The van der Waals surface area contributed by atoms with Crippen LogP contribution in [-0.2, 0) is 13.6 Å². The minimum Gasteiger partial charge on any atom is -0.393 e. The number of piperidine rings is 1. The summed E-state index contributed by atoms with van der Waals surface area (Å²) in [6.07, 6.45) is 3.51. The topological polar surface area (TPSA) is 93.1 Å². The van der Waals surface area contributed by atoms with Gasteiger partial charge in [-0.2, -0.15) is 5.10 Å². The van der Waals surface area contributed by atoms with Crippen LogP contribution in [0.1, 0.15) is 25.6 Å². The molecule has 1 saturated heterocycles. The molecule has 1 unspecified atom stereocenters. The number of likely N-dealkylation sites (tertiary alicyclic amines) is 1. The second-order valence-electron chi connectivity index (χ2n) is 5.88. The Kier molecular flexibility index (Phi) is 3.77. The SMILES string of the molecule is CC(O)C1CCN(Cc2nc(N)c3cnn(C)c3n2)CC1. The molecule has 7 nitrogen and oxygen atoms in total. The Morgan fingerprint density at radius 1 is 1.38 bits per heavy atom. The highest BCUT2D eigenvalue weighted by molar-refractivity contribution is 5.84. The summed E-state index contributed by atoms with van der Waals surface area (Å²) in [6, 6.07) is 0. The number of aryl methyl sites for hydroxylation is 1. The van der Waals surface area contributed by atoms with Crippen LogP contribution >= 0.6 is 0 Å². The van der Waals surface area contributed by atoms with Gasteiger partial charge in [0.05, 0.1) is 24.2 Å². The molecule has 1 fully saturated rings. The molecule has 7 heteroatoms. The van der Waals surface area contributed by atoms with Crippen molar-refractivity contribution in [2.45, 2.75) is 32.4 Å². The maximum Gasteiger partial charge on any atom is 0.163 e. The summed E-state index contributed by atoms with van der Waals surface area (Å²) in [7, 11) is 1.85. The number of aliphatic hydroxyl groups excluding tert-OH is 1. The zero-order valence-corrected chi connectivity index (χ0v) is 12.5. The summed E-state index contributed by atoms with van der Waals surface area (Å²) in [5.41, 5.74) is 6.76. The van der Waals surface area contributed by atoms with Gasteiger partial charge in [-0.25, -0.2) is 9.97 Å². The van der Waals surface area contributed by atoms with E-state index in [4.69, 9.17) is 5.73 Å². The molecule has 1 aliphatic heterocycles. The van der Waals surface area contributed by atoms with Gasteiger partial charge in [0.2, 0.25) is 0 Å². The van der Waals surface area contributed by atoms with Crippen molar-refractivity contribution in [2.24, 2.45) is 13.0 Å². The Bertz CT molecular complexity index is 630. The minimum absolute atomic E-state index is 0.218. The molecule has 21 heavy (non-hydrogen) atoms. The van der Waals surface area contributed by atoms with E-state index >= 15 is 0 Å². The number of nitrogen functional groups attached to an aromatic ring is 1. The van der Waals surface area contributed by atoms with E-state index in [1.165, 1.54) is 0 Å². The van der Waals surface area contributed by atoms with Crippen LogP contribution in [0.25, 0.3) is 11.0 Å². The van der Waals surface area contributed by atoms with Crippen LogP contribution in [-0.4, -0.2) is 48.9 Å². The Labute approximate surface area is 123 Å². The standard InChI is InChI=1S/C14H22N6O/c1-9(21)10-3-5-20(6-4-10)8-12-17-13(15)11-7-16-19(2)14(11)18-12/h7,9-10,21H,3-6,8H2,1-2H3,(H2,15,17,18). The van der Waals surface area contributed by atoms with Gasteiger partial charge in [0, 0.05) is 7.05 Å². The first-order valence-electron chi connectivity index (χ1n) is 7.39. The molecule has 3 N–H and O–H groups in total. The van der Waals surface area contributed by atoms with Crippen LogP contribution < -0.4 is 5.73 Å². The van der Waals surface area contributed by atoms with Gasteiger partial charge in [0.25, 0.3) is 0 Å². The molecular formula is C14H22N6O. The maximum absolute atomic E-state index is 9.65. The highest BCUT2D eigenvalue weighted by Crippen LogP contribution is 2.22. The van der Waals surface area contributed by atoms with Crippen LogP contribution in [0.3, 0.4) is 0 Å². The number of aromatic nitrogens is 4. The fourth-order valence-corrected chi connectivity index (χ4v) is 2.96. The molecule has 0 amide bonds. The molecule has 1 atom stereocenters. The van der Waals surface area contributed by atoms with E-state index in [0.29, 0.717) is 18.3 Å². The second kappa shape index (κ2) is 5.57. The third kappa shape index (κ3) is 2.84. The summed E-state index contributed by atoms with van der Waals surface area (Å²) in [6.45, 7) is 4.49. The minimum atomic E-state index is -0.218. The average Bonchev–Trinajstić information content (AvgIpc) is 2.82. The molecule has 0 spiro atoms. The Morgan fingerprint density at radius 2 is 2.10 bits per heavy atom. The molecule has 3 rings (SSSR count). The van der Waals surface area contributed by atoms with Crippen molar-refractivity contribution in [1.29, 1.82) is 0 Å². The lowest BCUT2D eigenvalue weighted by molar-refractivity contribution is 0.0687. The first-order valence-corrected chi connectivity index (χ1v) is 7.39. The van der Waals surface area contributed by atoms with Gasteiger partial charge in [-0.3, -0.25) is 9.58 Å². The molecule has 2 aromatic heterocycles. The van der Waals surface area contributed by atoms with E-state index in [1.807, 2.05) is 14.0 Å².